The van der Waals surface area contributed by atoms with Gasteiger partial charge in [0.15, 0.2) is 11.6 Å². The van der Waals surface area contributed by atoms with Gasteiger partial charge in [0.2, 0.25) is 5.95 Å². The predicted molar refractivity (Wildman–Crippen MR) is 104 cm³/mol. The van der Waals surface area contributed by atoms with Crippen LogP contribution in [0.1, 0.15) is 31.0 Å². The average molecular weight is 388 g/mol. The van der Waals surface area contributed by atoms with Crippen LogP contribution in [0, 0.1) is 10.1 Å². The third kappa shape index (κ3) is 2.87. The van der Waals surface area contributed by atoms with Gasteiger partial charge in [0.1, 0.15) is 6.04 Å². The molecule has 0 amide bonds. The fourth-order valence-electron chi connectivity index (χ4n) is 3.82. The van der Waals surface area contributed by atoms with Gasteiger partial charge in [-0.2, -0.15) is 4.98 Å². The zero-order chi connectivity index (χ0) is 20.0. The molecule has 3 aromatic rings. The molecule has 2 aliphatic rings. The molecule has 9 heteroatoms. The van der Waals surface area contributed by atoms with Gasteiger partial charge in [-0.1, -0.05) is 6.07 Å². The Morgan fingerprint density at radius 1 is 1.14 bits per heavy atom. The van der Waals surface area contributed by atoms with E-state index in [4.69, 9.17) is 0 Å². The van der Waals surface area contributed by atoms with E-state index in [0.717, 1.165) is 24.2 Å². The van der Waals surface area contributed by atoms with Gasteiger partial charge in [-0.15, -0.1) is 5.10 Å². The SMILES string of the molecule is O=C1CCCC2=C1C(c1ccccn1)n1nc(-c3ccc([N+](=O)[O-])cc3)nc1N2. The molecule has 5 rings (SSSR count). The van der Waals surface area contributed by atoms with Crippen molar-refractivity contribution in [3.63, 3.8) is 0 Å². The number of nitrogens with one attached hydrogen (secondary N) is 1. The molecule has 0 spiro atoms. The van der Waals surface area contributed by atoms with Gasteiger partial charge in [-0.3, -0.25) is 19.9 Å². The molecule has 144 valence electrons. The third-order valence-electron chi connectivity index (χ3n) is 5.17. The lowest BCUT2D eigenvalue weighted by Gasteiger charge is -2.31. The summed E-state index contributed by atoms with van der Waals surface area (Å²) in [5, 5.41) is 18.8. The number of carbonyl (C=O) groups is 1. The second-order valence-electron chi connectivity index (χ2n) is 6.96. The first-order valence-corrected chi connectivity index (χ1v) is 9.27. The monoisotopic (exact) mass is 388 g/mol. The van der Waals surface area contributed by atoms with Crippen LogP contribution in [0.5, 0.6) is 0 Å². The van der Waals surface area contributed by atoms with Crippen LogP contribution in [0.15, 0.2) is 59.9 Å². The summed E-state index contributed by atoms with van der Waals surface area (Å²) >= 11 is 0. The first kappa shape index (κ1) is 17.2. The van der Waals surface area contributed by atoms with Crippen LogP contribution in [-0.4, -0.2) is 30.5 Å². The van der Waals surface area contributed by atoms with E-state index in [1.54, 1.807) is 23.0 Å². The molecule has 29 heavy (non-hydrogen) atoms. The van der Waals surface area contributed by atoms with Crippen LogP contribution in [0.3, 0.4) is 0 Å². The molecule has 3 heterocycles. The van der Waals surface area contributed by atoms with Crippen molar-refractivity contribution in [3.8, 4) is 11.4 Å². The van der Waals surface area contributed by atoms with Crippen molar-refractivity contribution in [2.45, 2.75) is 25.3 Å². The van der Waals surface area contributed by atoms with Gasteiger partial charge < -0.3 is 5.32 Å². The minimum absolute atomic E-state index is 0.00457. The number of hydrogen-bond donors (Lipinski definition) is 1. The Balaban J connectivity index is 1.62. The molecule has 1 atom stereocenters. The summed E-state index contributed by atoms with van der Waals surface area (Å²) in [4.78, 5) is 32.2. The second-order valence-corrected chi connectivity index (χ2v) is 6.96. The molecule has 0 saturated heterocycles. The van der Waals surface area contributed by atoms with E-state index in [2.05, 4.69) is 20.4 Å². The Labute approximate surface area is 165 Å². The molecule has 1 aromatic carbocycles. The Morgan fingerprint density at radius 2 is 1.97 bits per heavy atom. The zero-order valence-corrected chi connectivity index (χ0v) is 15.3. The maximum absolute atomic E-state index is 12.7. The Bertz CT molecular complexity index is 1150. The molecule has 9 nitrogen and oxygen atoms in total. The molecule has 0 saturated carbocycles. The van der Waals surface area contributed by atoms with Crippen molar-refractivity contribution >= 4 is 17.4 Å². The smallest absolute Gasteiger partial charge is 0.269 e. The van der Waals surface area contributed by atoms with Crippen LogP contribution in [-0.2, 0) is 4.79 Å². The number of nitro groups is 1. The van der Waals surface area contributed by atoms with E-state index in [1.165, 1.54) is 12.1 Å². The van der Waals surface area contributed by atoms with Gasteiger partial charge in [-0.25, -0.2) is 4.68 Å². The molecule has 0 bridgehead atoms. The highest BCUT2D eigenvalue weighted by atomic mass is 16.6. The van der Waals surface area contributed by atoms with Crippen molar-refractivity contribution in [2.75, 3.05) is 5.32 Å². The third-order valence-corrected chi connectivity index (χ3v) is 5.17. The zero-order valence-electron chi connectivity index (χ0n) is 15.3. The van der Waals surface area contributed by atoms with Gasteiger partial charge in [-0.05, 0) is 37.1 Å². The fraction of sp³-hybridized carbons (Fsp3) is 0.200. The van der Waals surface area contributed by atoms with Gasteiger partial charge in [0, 0.05) is 41.6 Å². The number of ketones is 1. The standard InChI is InChI=1S/C20H16N6O3/c27-16-6-3-5-14-17(16)18(15-4-1-2-11-21-15)25-20(22-14)23-19(24-25)12-7-9-13(10-8-12)26(28)29/h1-2,4,7-11,18H,3,5-6H2,(H,22,23,24). The predicted octanol–water partition coefficient (Wildman–Crippen LogP) is 3.27. The van der Waals surface area contributed by atoms with Crippen molar-refractivity contribution < 1.29 is 9.72 Å². The van der Waals surface area contributed by atoms with Crippen molar-refractivity contribution in [2.24, 2.45) is 0 Å². The highest BCUT2D eigenvalue weighted by molar-refractivity contribution is 5.99. The van der Waals surface area contributed by atoms with Gasteiger partial charge in [0.05, 0.1) is 10.6 Å². The number of aromatic nitrogens is 4. The number of allylic oxidation sites excluding steroid dienone is 2. The van der Waals surface area contributed by atoms with E-state index in [1.807, 2.05) is 18.2 Å². The van der Waals surface area contributed by atoms with E-state index in [9.17, 15) is 14.9 Å². The Hall–Kier alpha value is -3.88. The summed E-state index contributed by atoms with van der Waals surface area (Å²) in [6, 6.07) is 11.2. The molecule has 0 fully saturated rings. The number of carbonyl (C=O) groups excluding carboxylic acids is 1. The first-order valence-electron chi connectivity index (χ1n) is 9.27. The lowest BCUT2D eigenvalue weighted by atomic mass is 9.87. The quantitative estimate of drug-likeness (QED) is 0.541. The summed E-state index contributed by atoms with van der Waals surface area (Å²) in [5.74, 6) is 1.05. The van der Waals surface area contributed by atoms with E-state index in [0.29, 0.717) is 29.3 Å². The number of pyridine rings is 1. The number of nitrogens with zero attached hydrogens (tertiary/aromatic N) is 5. The molecular weight excluding hydrogens is 372 g/mol. The summed E-state index contributed by atoms with van der Waals surface area (Å²) in [6.45, 7) is 0. The van der Waals surface area contributed by atoms with Crippen LogP contribution in [0.2, 0.25) is 0 Å². The van der Waals surface area contributed by atoms with Crippen LogP contribution >= 0.6 is 0 Å². The number of anilines is 1. The molecule has 1 aliphatic carbocycles. The normalized spacial score (nSPS) is 18.1. The summed E-state index contributed by atoms with van der Waals surface area (Å²) in [7, 11) is 0. The van der Waals surface area contributed by atoms with E-state index in [-0.39, 0.29) is 11.5 Å². The number of Topliss-reactive ketones (excluding diaryl/α,β-unsaturated/α-hetero) is 1. The number of non-ortho nitro benzene ring substituents is 1. The van der Waals surface area contributed by atoms with Crippen LogP contribution in [0.4, 0.5) is 11.6 Å². The second kappa shape index (κ2) is 6.62. The maximum Gasteiger partial charge on any atom is 0.269 e. The minimum atomic E-state index is -0.449. The van der Waals surface area contributed by atoms with Crippen LogP contribution < -0.4 is 5.32 Å². The summed E-state index contributed by atoms with van der Waals surface area (Å²) in [6.07, 6.45) is 3.76. The van der Waals surface area contributed by atoms with Crippen molar-refractivity contribution in [1.82, 2.24) is 19.7 Å². The average Bonchev–Trinajstić information content (AvgIpc) is 3.17. The molecule has 1 aliphatic heterocycles. The number of rotatable bonds is 3. The van der Waals surface area contributed by atoms with Crippen molar-refractivity contribution in [3.05, 3.63) is 75.7 Å². The van der Waals surface area contributed by atoms with Crippen LogP contribution in [0.25, 0.3) is 11.4 Å². The van der Waals surface area contributed by atoms with Gasteiger partial charge in [0.25, 0.3) is 5.69 Å². The molecule has 0 radical (unpaired) electrons. The fourth-order valence-corrected chi connectivity index (χ4v) is 3.82. The largest absolute Gasteiger partial charge is 0.328 e. The number of benzene rings is 1. The molecular formula is C20H16N6O3. The highest BCUT2D eigenvalue weighted by Crippen LogP contribution is 2.40. The Morgan fingerprint density at radius 3 is 2.69 bits per heavy atom. The number of fused-ring (bicyclic) bond motifs is 1. The van der Waals surface area contributed by atoms with Crippen molar-refractivity contribution in [1.29, 1.82) is 0 Å². The molecule has 1 N–H and O–H groups in total. The Kier molecular flexibility index (Phi) is 3.94. The summed E-state index contributed by atoms with van der Waals surface area (Å²) in [5.41, 5.74) is 2.93. The molecule has 2 aromatic heterocycles. The number of hydrogen-bond acceptors (Lipinski definition) is 7. The lowest BCUT2D eigenvalue weighted by molar-refractivity contribution is -0.384. The van der Waals surface area contributed by atoms with E-state index < -0.39 is 11.0 Å². The molecule has 1 unspecified atom stereocenters. The topological polar surface area (TPSA) is 116 Å². The summed E-state index contributed by atoms with van der Waals surface area (Å²) < 4.78 is 1.68. The lowest BCUT2D eigenvalue weighted by Crippen LogP contribution is -2.32. The number of nitro benzene ring substituents is 1. The van der Waals surface area contributed by atoms with Gasteiger partial charge >= 0.3 is 0 Å². The van der Waals surface area contributed by atoms with E-state index >= 15 is 0 Å². The highest BCUT2D eigenvalue weighted by Gasteiger charge is 2.37. The minimum Gasteiger partial charge on any atom is -0.328 e. The first-order chi connectivity index (χ1) is 14.1. The maximum atomic E-state index is 12.7.